The zero-order chi connectivity index (χ0) is 35.6. The predicted molar refractivity (Wildman–Crippen MR) is 177 cm³/mol. The molecule has 49 heavy (non-hydrogen) atoms. The Bertz CT molecular complexity index is 1370. The zero-order valence-electron chi connectivity index (χ0n) is 28.6. The number of nitrogens with zero attached hydrogens (tertiary/aromatic N) is 1. The third kappa shape index (κ3) is 8.35. The minimum atomic E-state index is -5.61. The van der Waals surface area contributed by atoms with Gasteiger partial charge in [0.05, 0.1) is 6.61 Å². The number of benzene rings is 1. The number of alkyl halides is 5. The van der Waals surface area contributed by atoms with E-state index in [0.717, 1.165) is 43.2 Å². The summed E-state index contributed by atoms with van der Waals surface area (Å²) in [5.41, 5.74) is 2.96. The number of ketones is 1. The maximum Gasteiger partial charge on any atom is 0.453 e. The van der Waals surface area contributed by atoms with Gasteiger partial charge in [-0.1, -0.05) is 19.9 Å². The van der Waals surface area contributed by atoms with Crippen LogP contribution in [0, 0.1) is 23.2 Å². The van der Waals surface area contributed by atoms with Crippen LogP contribution < -0.4 is 10.1 Å². The molecule has 1 aliphatic heterocycles. The monoisotopic (exact) mass is 718 g/mol. The van der Waals surface area contributed by atoms with Gasteiger partial charge >= 0.3 is 18.2 Å². The summed E-state index contributed by atoms with van der Waals surface area (Å²) < 4.78 is 83.0. The van der Waals surface area contributed by atoms with Crippen LogP contribution in [0.2, 0.25) is 0 Å². The van der Waals surface area contributed by atoms with Gasteiger partial charge in [-0.05, 0) is 111 Å². The third-order valence-corrected chi connectivity index (χ3v) is 13.4. The van der Waals surface area contributed by atoms with Gasteiger partial charge in [-0.15, -0.1) is 0 Å². The molecule has 1 heterocycles. The van der Waals surface area contributed by atoms with Crippen molar-refractivity contribution >= 4 is 22.7 Å². The first-order valence-electron chi connectivity index (χ1n) is 18.0. The van der Waals surface area contributed by atoms with Crippen LogP contribution in [0.5, 0.6) is 5.75 Å². The highest BCUT2D eigenvalue weighted by atomic mass is 32.2. The van der Waals surface area contributed by atoms with Crippen LogP contribution in [0.15, 0.2) is 12.1 Å². The van der Waals surface area contributed by atoms with Crippen molar-refractivity contribution in [1.82, 2.24) is 10.2 Å². The summed E-state index contributed by atoms with van der Waals surface area (Å²) >= 11 is 0. The lowest BCUT2D eigenvalue weighted by molar-refractivity contribution is -0.284. The lowest BCUT2D eigenvalue weighted by atomic mass is 9.52. The summed E-state index contributed by atoms with van der Waals surface area (Å²) in [5.74, 6) is -3.02. The van der Waals surface area contributed by atoms with Gasteiger partial charge in [-0.2, -0.15) is 22.0 Å². The summed E-state index contributed by atoms with van der Waals surface area (Å²) in [4.78, 5) is 28.1. The SMILES string of the molecule is CCc1cc2c(cc1OC(=O)N1CCC(NCCO)CC1)C[C@@H](CCCS(=O)CCCC(F)(F)C(F)(F)F)[C@@H]1[C@@H]2CC[C@]2(C)C(=O)CC[C@@H]12. The number of carbonyl (C=O) groups excluding carboxylic acids is 2. The van der Waals surface area contributed by atoms with Crippen molar-refractivity contribution in [2.45, 2.75) is 115 Å². The molecule has 276 valence electrons. The minimum Gasteiger partial charge on any atom is -0.410 e. The van der Waals surface area contributed by atoms with Crippen molar-refractivity contribution in [1.29, 1.82) is 0 Å². The largest absolute Gasteiger partial charge is 0.453 e. The Morgan fingerprint density at radius 1 is 1.10 bits per heavy atom. The number of rotatable bonds is 13. The standard InChI is InChI=1S/C36H51F5N2O5S/c1-3-23-21-28-25(22-30(23)48-33(46)43-15-10-26(11-16-43)42-14-17-44)20-24(32-27(28)9-13-34(2)29(32)7-8-31(34)45)6-4-18-49(47)19-5-12-35(37,38)36(39,40)41/h21-22,24,26-27,29,32,42,44H,3-20H2,1-2H3/t24-,27-,29+,32-,34+,49?/m1/s1. The summed E-state index contributed by atoms with van der Waals surface area (Å²) in [6.45, 7) is 5.86. The maximum atomic E-state index is 13.3. The summed E-state index contributed by atoms with van der Waals surface area (Å²) in [6.07, 6.45) is -0.542. The van der Waals surface area contributed by atoms with Gasteiger partial charge in [0.25, 0.3) is 0 Å². The quantitative estimate of drug-likeness (QED) is 0.215. The number of aliphatic hydroxyl groups is 1. The van der Waals surface area contributed by atoms with Crippen LogP contribution >= 0.6 is 0 Å². The van der Waals surface area contributed by atoms with Crippen molar-refractivity contribution in [2.75, 3.05) is 37.7 Å². The first-order valence-corrected chi connectivity index (χ1v) is 19.5. The maximum absolute atomic E-state index is 13.3. The van der Waals surface area contributed by atoms with Crippen molar-refractivity contribution in [3.05, 3.63) is 28.8 Å². The van der Waals surface area contributed by atoms with E-state index in [2.05, 4.69) is 18.3 Å². The topological polar surface area (TPSA) is 95.9 Å². The molecular weight excluding hydrogens is 667 g/mol. The number of amides is 1. The van der Waals surface area contributed by atoms with Crippen molar-refractivity contribution in [3.63, 3.8) is 0 Å². The van der Waals surface area contributed by atoms with Gasteiger partial charge in [0.15, 0.2) is 0 Å². The van der Waals surface area contributed by atoms with E-state index in [4.69, 9.17) is 9.84 Å². The zero-order valence-corrected chi connectivity index (χ0v) is 29.4. The van der Waals surface area contributed by atoms with Crippen LogP contribution in [0.4, 0.5) is 26.7 Å². The van der Waals surface area contributed by atoms with Gasteiger partial charge in [0.1, 0.15) is 11.5 Å². The fourth-order valence-electron chi connectivity index (χ4n) is 9.18. The van der Waals surface area contributed by atoms with Gasteiger partial charge in [-0.25, -0.2) is 4.79 Å². The normalized spacial score (nSPS) is 28.2. The van der Waals surface area contributed by atoms with E-state index in [1.165, 1.54) is 5.56 Å². The second-order valence-electron chi connectivity index (χ2n) is 14.8. The number of ether oxygens (including phenoxy) is 1. The number of halogens is 5. The number of nitrogens with one attached hydrogen (secondary N) is 1. The van der Waals surface area contributed by atoms with Crippen LogP contribution in [0.25, 0.3) is 0 Å². The molecule has 3 fully saturated rings. The Kier molecular flexibility index (Phi) is 12.2. The van der Waals surface area contributed by atoms with Gasteiger partial charge < -0.3 is 20.1 Å². The Labute approximate surface area is 288 Å². The number of likely N-dealkylation sites (tertiary alicyclic amines) is 1. The van der Waals surface area contributed by atoms with Crippen LogP contribution in [0.3, 0.4) is 0 Å². The van der Waals surface area contributed by atoms with E-state index >= 15 is 0 Å². The molecule has 4 aliphatic rings. The lowest BCUT2D eigenvalue weighted by Crippen LogP contribution is -2.46. The average molecular weight is 719 g/mol. The Balaban J connectivity index is 1.29. The van der Waals surface area contributed by atoms with Crippen molar-refractivity contribution < 1.29 is 45.6 Å². The molecule has 3 aliphatic carbocycles. The molecule has 2 saturated carbocycles. The highest BCUT2D eigenvalue weighted by Crippen LogP contribution is 2.61. The van der Waals surface area contributed by atoms with E-state index < -0.39 is 35.7 Å². The molecule has 0 bridgehead atoms. The smallest absolute Gasteiger partial charge is 0.410 e. The summed E-state index contributed by atoms with van der Waals surface area (Å²) in [6, 6.07) is 4.46. The summed E-state index contributed by atoms with van der Waals surface area (Å²) in [5, 5.41) is 12.4. The molecule has 1 saturated heterocycles. The van der Waals surface area contributed by atoms with Crippen LogP contribution in [-0.2, 0) is 28.4 Å². The average Bonchev–Trinajstić information content (AvgIpc) is 3.36. The molecule has 13 heteroatoms. The van der Waals surface area contributed by atoms with Gasteiger partial charge in [0, 0.05) is 66.2 Å². The molecule has 1 unspecified atom stereocenters. The molecule has 1 aromatic carbocycles. The molecule has 0 radical (unpaired) electrons. The van der Waals surface area contributed by atoms with E-state index in [0.29, 0.717) is 63.3 Å². The Morgan fingerprint density at radius 2 is 1.82 bits per heavy atom. The number of hydrogen-bond donors (Lipinski definition) is 2. The molecular formula is C36H51F5N2O5S. The number of Topliss-reactive ketones (excluding diaryl/α,β-unsaturated/α-hetero) is 1. The third-order valence-electron chi connectivity index (χ3n) is 11.9. The number of piperidine rings is 1. The number of aliphatic hydroxyl groups excluding tert-OH is 1. The number of fused-ring (bicyclic) bond motifs is 5. The van der Waals surface area contributed by atoms with E-state index in [1.54, 1.807) is 4.90 Å². The van der Waals surface area contributed by atoms with Gasteiger partial charge in [-0.3, -0.25) is 9.00 Å². The minimum absolute atomic E-state index is 0.0680. The fraction of sp³-hybridized carbons (Fsp3) is 0.778. The highest BCUT2D eigenvalue weighted by molar-refractivity contribution is 7.84. The molecule has 2 N–H and O–H groups in total. The van der Waals surface area contributed by atoms with Crippen LogP contribution in [-0.4, -0.2) is 82.0 Å². The molecule has 5 rings (SSSR count). The molecule has 1 amide bonds. The lowest BCUT2D eigenvalue weighted by Gasteiger charge is -2.52. The van der Waals surface area contributed by atoms with Crippen LogP contribution in [0.1, 0.15) is 101 Å². The number of hydrogen-bond acceptors (Lipinski definition) is 6. The van der Waals surface area contributed by atoms with E-state index in [-0.39, 0.29) is 59.3 Å². The first kappa shape index (κ1) is 38.1. The second kappa shape index (κ2) is 15.6. The van der Waals surface area contributed by atoms with Crippen molar-refractivity contribution in [3.8, 4) is 5.75 Å². The number of carbonyl (C=O) groups is 2. The number of aryl methyl sites for hydroxylation is 1. The van der Waals surface area contributed by atoms with Gasteiger partial charge in [0.2, 0.25) is 0 Å². The first-order chi connectivity index (χ1) is 23.2. The predicted octanol–water partition coefficient (Wildman–Crippen LogP) is 6.95. The molecule has 1 aromatic rings. The highest BCUT2D eigenvalue weighted by Gasteiger charge is 2.57. The molecule has 7 nitrogen and oxygen atoms in total. The van der Waals surface area contributed by atoms with E-state index in [1.807, 2.05) is 13.0 Å². The Morgan fingerprint density at radius 3 is 2.49 bits per heavy atom. The molecule has 6 atom stereocenters. The second-order valence-corrected chi connectivity index (χ2v) is 16.5. The van der Waals surface area contributed by atoms with E-state index in [9.17, 15) is 35.8 Å². The molecule has 0 spiro atoms. The van der Waals surface area contributed by atoms with Crippen molar-refractivity contribution in [2.24, 2.45) is 23.2 Å². The Hall–Kier alpha value is -2.12. The molecule has 0 aromatic heterocycles. The fourth-order valence-corrected chi connectivity index (χ4v) is 10.3. The summed E-state index contributed by atoms with van der Waals surface area (Å²) in [7, 11) is -1.51.